The van der Waals surface area contributed by atoms with E-state index >= 15 is 0 Å². The molecular formula is C8H9N5O3. The van der Waals surface area contributed by atoms with Crippen molar-refractivity contribution in [1.29, 1.82) is 0 Å². The van der Waals surface area contributed by atoms with Crippen LogP contribution in [0.3, 0.4) is 0 Å². The number of nitrogens with zero attached hydrogens (tertiary/aromatic N) is 4. The van der Waals surface area contributed by atoms with E-state index in [-0.39, 0.29) is 13.0 Å². The van der Waals surface area contributed by atoms with Crippen molar-refractivity contribution in [2.75, 3.05) is 0 Å². The van der Waals surface area contributed by atoms with E-state index in [0.29, 0.717) is 0 Å². The molecule has 0 radical (unpaired) electrons. The molecule has 1 aromatic rings. The van der Waals surface area contributed by atoms with E-state index in [1.807, 2.05) is 0 Å². The maximum Gasteiger partial charge on any atom is 0.327 e. The average molecular weight is 223 g/mol. The third kappa shape index (κ3) is 3.38. The molecule has 0 fully saturated rings. The number of aliphatic carboxylic acids is 1. The highest BCUT2D eigenvalue weighted by atomic mass is 16.4. The number of hydrogen-bond donors (Lipinski definition) is 2. The van der Waals surface area contributed by atoms with Gasteiger partial charge in [-0.3, -0.25) is 4.79 Å². The van der Waals surface area contributed by atoms with Crippen molar-refractivity contribution in [1.82, 2.24) is 25.5 Å². The summed E-state index contributed by atoms with van der Waals surface area (Å²) in [6.07, 6.45) is 6.15. The third-order valence-electron chi connectivity index (χ3n) is 1.65. The molecule has 0 aliphatic rings. The zero-order valence-electron chi connectivity index (χ0n) is 8.20. The van der Waals surface area contributed by atoms with E-state index in [9.17, 15) is 9.59 Å². The predicted octanol–water partition coefficient (Wildman–Crippen LogP) is -1.73. The fourth-order valence-electron chi connectivity index (χ4n) is 0.958. The van der Waals surface area contributed by atoms with Gasteiger partial charge in [-0.1, -0.05) is 0 Å². The van der Waals surface area contributed by atoms with Crippen LogP contribution in [0.5, 0.6) is 0 Å². The number of nitrogens with one attached hydrogen (secondary N) is 1. The van der Waals surface area contributed by atoms with Crippen molar-refractivity contribution in [3.05, 3.63) is 6.33 Å². The van der Waals surface area contributed by atoms with Crippen LogP contribution < -0.4 is 5.32 Å². The summed E-state index contributed by atoms with van der Waals surface area (Å²) in [6, 6.07) is -1.09. The van der Waals surface area contributed by atoms with Crippen molar-refractivity contribution >= 4 is 11.9 Å². The summed E-state index contributed by atoms with van der Waals surface area (Å²) in [5.74, 6) is 0.474. The van der Waals surface area contributed by atoms with Crippen LogP contribution in [0.25, 0.3) is 0 Å². The quantitative estimate of drug-likeness (QED) is 0.574. The first kappa shape index (κ1) is 11.6. The summed E-state index contributed by atoms with van der Waals surface area (Å²) in [7, 11) is 0. The molecule has 0 aliphatic heterocycles. The van der Waals surface area contributed by atoms with Crippen molar-refractivity contribution in [2.45, 2.75) is 19.0 Å². The number of carboxylic acid groups (broad SMARTS) is 1. The molecule has 0 bridgehead atoms. The molecule has 0 aromatic carbocycles. The van der Waals surface area contributed by atoms with Crippen molar-refractivity contribution in [2.24, 2.45) is 0 Å². The van der Waals surface area contributed by atoms with Crippen molar-refractivity contribution < 1.29 is 14.7 Å². The number of amides is 1. The molecule has 1 atom stereocenters. The molecule has 0 spiro atoms. The molecule has 2 N–H and O–H groups in total. The zero-order valence-corrected chi connectivity index (χ0v) is 8.20. The van der Waals surface area contributed by atoms with Crippen LogP contribution in [-0.4, -0.2) is 43.2 Å². The minimum atomic E-state index is -1.18. The normalized spacial score (nSPS) is 11.4. The Bertz CT molecular complexity index is 408. The van der Waals surface area contributed by atoms with Crippen molar-refractivity contribution in [3.8, 4) is 12.3 Å². The molecule has 84 valence electrons. The average Bonchev–Trinajstić information content (AvgIpc) is 2.69. The lowest BCUT2D eigenvalue weighted by Gasteiger charge is -2.10. The summed E-state index contributed by atoms with van der Waals surface area (Å²) < 4.78 is 1.17. The van der Waals surface area contributed by atoms with E-state index in [4.69, 9.17) is 11.5 Å². The van der Waals surface area contributed by atoms with Gasteiger partial charge in [0.2, 0.25) is 5.91 Å². The molecule has 8 nitrogen and oxygen atoms in total. The van der Waals surface area contributed by atoms with E-state index < -0.39 is 17.9 Å². The van der Waals surface area contributed by atoms with E-state index in [2.05, 4.69) is 26.8 Å². The lowest BCUT2D eigenvalue weighted by atomic mass is 10.2. The summed E-state index contributed by atoms with van der Waals surface area (Å²) >= 11 is 0. The Labute approximate surface area is 90.6 Å². The predicted molar refractivity (Wildman–Crippen MR) is 50.8 cm³/mol. The van der Waals surface area contributed by atoms with Crippen LogP contribution in [0.2, 0.25) is 0 Å². The van der Waals surface area contributed by atoms with Crippen LogP contribution in [0, 0.1) is 12.3 Å². The highest BCUT2D eigenvalue weighted by Crippen LogP contribution is 1.91. The Hall–Kier alpha value is -2.43. The first-order valence-electron chi connectivity index (χ1n) is 4.30. The van der Waals surface area contributed by atoms with Gasteiger partial charge in [0.05, 0.1) is 0 Å². The van der Waals surface area contributed by atoms with Crippen LogP contribution >= 0.6 is 0 Å². The van der Waals surface area contributed by atoms with Gasteiger partial charge in [-0.05, 0) is 10.4 Å². The number of terminal acetylenes is 1. The van der Waals surface area contributed by atoms with Gasteiger partial charge in [0.25, 0.3) is 0 Å². The van der Waals surface area contributed by atoms with Gasteiger partial charge in [-0.25, -0.2) is 9.48 Å². The van der Waals surface area contributed by atoms with Crippen LogP contribution in [0.1, 0.15) is 6.42 Å². The highest BCUT2D eigenvalue weighted by molar-refractivity contribution is 5.83. The molecule has 0 saturated heterocycles. The van der Waals surface area contributed by atoms with E-state index in [1.54, 1.807) is 0 Å². The second-order valence-electron chi connectivity index (χ2n) is 2.87. The SMILES string of the molecule is C#CCC(NC(=O)Cn1cnnn1)C(=O)O. The fourth-order valence-corrected chi connectivity index (χ4v) is 0.958. The molecule has 0 saturated carbocycles. The Morgan fingerprint density at radius 1 is 1.62 bits per heavy atom. The van der Waals surface area contributed by atoms with Gasteiger partial charge < -0.3 is 10.4 Å². The number of tetrazole rings is 1. The number of rotatable bonds is 5. The van der Waals surface area contributed by atoms with Crippen LogP contribution in [0.15, 0.2) is 6.33 Å². The molecule has 1 unspecified atom stereocenters. The van der Waals surface area contributed by atoms with Crippen molar-refractivity contribution in [3.63, 3.8) is 0 Å². The highest BCUT2D eigenvalue weighted by Gasteiger charge is 2.18. The largest absolute Gasteiger partial charge is 0.480 e. The monoisotopic (exact) mass is 223 g/mol. The summed E-state index contributed by atoms with van der Waals surface area (Å²) in [6.45, 7) is -0.151. The molecule has 0 aliphatic carbocycles. The molecule has 1 rings (SSSR count). The van der Waals surface area contributed by atoms with Gasteiger partial charge in [-0.2, -0.15) is 0 Å². The Balaban J connectivity index is 2.49. The molecule has 16 heavy (non-hydrogen) atoms. The maximum atomic E-state index is 11.3. The second-order valence-corrected chi connectivity index (χ2v) is 2.87. The van der Waals surface area contributed by atoms with Gasteiger partial charge in [0, 0.05) is 6.42 Å². The zero-order chi connectivity index (χ0) is 12.0. The number of carbonyl (C=O) groups is 2. The van der Waals surface area contributed by atoms with Gasteiger partial charge >= 0.3 is 5.97 Å². The van der Waals surface area contributed by atoms with Gasteiger partial charge in [-0.15, -0.1) is 17.4 Å². The molecule has 1 heterocycles. The van der Waals surface area contributed by atoms with Crippen LogP contribution in [0.4, 0.5) is 0 Å². The van der Waals surface area contributed by atoms with Gasteiger partial charge in [0.1, 0.15) is 18.9 Å². The first-order valence-corrected chi connectivity index (χ1v) is 4.30. The number of carbonyl (C=O) groups excluding carboxylic acids is 1. The number of carboxylic acids is 1. The molecule has 1 amide bonds. The Kier molecular flexibility index (Phi) is 3.97. The second kappa shape index (κ2) is 5.45. The fraction of sp³-hybridized carbons (Fsp3) is 0.375. The van der Waals surface area contributed by atoms with E-state index in [0.717, 1.165) is 0 Å². The summed E-state index contributed by atoms with van der Waals surface area (Å²) in [4.78, 5) is 22.0. The molecule has 1 aromatic heterocycles. The topological polar surface area (TPSA) is 110 Å². The lowest BCUT2D eigenvalue weighted by molar-refractivity contribution is -0.141. The summed E-state index contributed by atoms with van der Waals surface area (Å²) in [5.41, 5.74) is 0. The smallest absolute Gasteiger partial charge is 0.327 e. The minimum Gasteiger partial charge on any atom is -0.480 e. The lowest BCUT2D eigenvalue weighted by Crippen LogP contribution is -2.42. The molecule has 8 heteroatoms. The molecular weight excluding hydrogens is 214 g/mol. The maximum absolute atomic E-state index is 11.3. The van der Waals surface area contributed by atoms with Crippen LogP contribution in [-0.2, 0) is 16.1 Å². The standard InChI is InChI=1S/C8H9N5O3/c1-2-3-6(8(15)16)10-7(14)4-13-5-9-11-12-13/h1,5-6H,3-4H2,(H,10,14)(H,15,16). The van der Waals surface area contributed by atoms with Gasteiger partial charge in [0.15, 0.2) is 0 Å². The minimum absolute atomic E-state index is 0.0727. The third-order valence-corrected chi connectivity index (χ3v) is 1.65. The number of hydrogen-bond acceptors (Lipinski definition) is 5. The Morgan fingerprint density at radius 2 is 2.38 bits per heavy atom. The van der Waals surface area contributed by atoms with E-state index in [1.165, 1.54) is 11.0 Å². The summed E-state index contributed by atoms with van der Waals surface area (Å²) in [5, 5.41) is 21.1. The number of aromatic nitrogens is 4. The Morgan fingerprint density at radius 3 is 2.88 bits per heavy atom. The first-order chi connectivity index (χ1) is 7.63.